The average Bonchev–Trinajstić information content (AvgIpc) is 2.99. The zero-order chi connectivity index (χ0) is 20.6. The third kappa shape index (κ3) is 3.29. The molecule has 0 unspecified atom stereocenters. The van der Waals surface area contributed by atoms with Crippen molar-refractivity contribution in [2.24, 2.45) is 0 Å². The van der Waals surface area contributed by atoms with E-state index in [1.54, 1.807) is 24.3 Å². The molecule has 0 aliphatic carbocycles. The van der Waals surface area contributed by atoms with Gasteiger partial charge in [-0.05, 0) is 42.5 Å². The minimum absolute atomic E-state index is 0.0234. The number of ether oxygens (including phenoxy) is 1. The lowest BCUT2D eigenvalue weighted by molar-refractivity contribution is 0.0926. The van der Waals surface area contributed by atoms with Crippen LogP contribution in [0, 0.1) is 0 Å². The lowest BCUT2D eigenvalue weighted by atomic mass is 10.1. The Balaban J connectivity index is 1.58. The second-order valence-electron chi connectivity index (χ2n) is 6.05. The Hall–Kier alpha value is -3.79. The van der Waals surface area contributed by atoms with Crippen molar-refractivity contribution in [2.75, 3.05) is 16.7 Å². The summed E-state index contributed by atoms with van der Waals surface area (Å²) in [6, 6.07) is 14.8. The Kier molecular flexibility index (Phi) is 4.47. The van der Waals surface area contributed by atoms with Gasteiger partial charge in [0.05, 0.1) is 28.8 Å². The average molecular weight is 410 g/mol. The number of anilines is 2. The van der Waals surface area contributed by atoms with Crippen LogP contribution in [-0.2, 0) is 10.0 Å². The van der Waals surface area contributed by atoms with Gasteiger partial charge in [-0.3, -0.25) is 14.3 Å². The number of amides is 2. The Bertz CT molecular complexity index is 1170. The van der Waals surface area contributed by atoms with Crippen LogP contribution in [-0.4, -0.2) is 37.5 Å². The first-order valence-electron chi connectivity index (χ1n) is 8.39. The van der Waals surface area contributed by atoms with E-state index in [0.717, 1.165) is 4.90 Å². The van der Waals surface area contributed by atoms with Crippen molar-refractivity contribution in [1.82, 2.24) is 10.2 Å². The Labute approximate surface area is 166 Å². The van der Waals surface area contributed by atoms with E-state index in [4.69, 9.17) is 4.74 Å². The van der Waals surface area contributed by atoms with Crippen LogP contribution in [0.5, 0.6) is 5.88 Å². The molecule has 3 aromatic rings. The third-order valence-corrected chi connectivity index (χ3v) is 5.66. The second-order valence-corrected chi connectivity index (χ2v) is 7.73. The van der Waals surface area contributed by atoms with Gasteiger partial charge in [-0.15, -0.1) is 10.2 Å². The number of carbonyl (C=O) groups excluding carboxylic acids is 2. The van der Waals surface area contributed by atoms with E-state index in [1.165, 1.54) is 43.5 Å². The number of hydrogen-bond donors (Lipinski definition) is 1. The smallest absolute Gasteiger partial charge is 0.266 e. The Morgan fingerprint density at radius 2 is 1.48 bits per heavy atom. The number of rotatable bonds is 5. The highest BCUT2D eigenvalue weighted by atomic mass is 32.2. The number of imide groups is 1. The summed E-state index contributed by atoms with van der Waals surface area (Å²) in [6.45, 7) is 0. The van der Waals surface area contributed by atoms with Gasteiger partial charge in [0.25, 0.3) is 21.8 Å². The molecular weight excluding hydrogens is 396 g/mol. The summed E-state index contributed by atoms with van der Waals surface area (Å²) >= 11 is 0. The molecule has 0 radical (unpaired) electrons. The summed E-state index contributed by atoms with van der Waals surface area (Å²) in [7, 11) is -2.52. The molecule has 29 heavy (non-hydrogen) atoms. The van der Waals surface area contributed by atoms with Gasteiger partial charge in [0.1, 0.15) is 0 Å². The van der Waals surface area contributed by atoms with E-state index in [0.29, 0.717) is 11.1 Å². The summed E-state index contributed by atoms with van der Waals surface area (Å²) in [5, 5.41) is 7.42. The van der Waals surface area contributed by atoms with Crippen LogP contribution in [0.4, 0.5) is 11.5 Å². The fraction of sp³-hybridized carbons (Fsp3) is 0.0526. The molecule has 2 aromatic carbocycles. The molecule has 1 aliphatic heterocycles. The number of aromatic nitrogens is 2. The molecular formula is C19H14N4O5S. The zero-order valence-electron chi connectivity index (χ0n) is 15.1. The summed E-state index contributed by atoms with van der Waals surface area (Å²) in [6.07, 6.45) is 0. The van der Waals surface area contributed by atoms with E-state index in [2.05, 4.69) is 14.9 Å². The topological polar surface area (TPSA) is 119 Å². The van der Waals surface area contributed by atoms with Gasteiger partial charge in [-0.1, -0.05) is 12.1 Å². The largest absolute Gasteiger partial charge is 0.480 e. The van der Waals surface area contributed by atoms with Gasteiger partial charge in [-0.2, -0.15) is 0 Å². The molecule has 9 nitrogen and oxygen atoms in total. The first kappa shape index (κ1) is 18.6. The highest BCUT2D eigenvalue weighted by Crippen LogP contribution is 2.29. The molecule has 0 fully saturated rings. The summed E-state index contributed by atoms with van der Waals surface area (Å²) < 4.78 is 32.3. The normalized spacial score (nSPS) is 13.3. The molecule has 1 aliphatic rings. The molecule has 0 atom stereocenters. The Morgan fingerprint density at radius 1 is 0.862 bits per heavy atom. The SMILES string of the molecule is COc1ccc(NS(=O)(=O)c2ccc(N3C(=O)c4ccccc4C3=O)cc2)nn1. The highest BCUT2D eigenvalue weighted by molar-refractivity contribution is 7.92. The van der Waals surface area contributed by atoms with Crippen molar-refractivity contribution in [3.05, 3.63) is 71.8 Å². The maximum absolute atomic E-state index is 12.5. The van der Waals surface area contributed by atoms with Crippen LogP contribution < -0.4 is 14.4 Å². The number of fused-ring (bicyclic) bond motifs is 1. The minimum atomic E-state index is -3.94. The molecule has 2 amide bonds. The number of sulfonamides is 1. The number of hydrogen-bond acceptors (Lipinski definition) is 7. The monoisotopic (exact) mass is 410 g/mol. The summed E-state index contributed by atoms with van der Waals surface area (Å²) in [5.41, 5.74) is 0.905. The summed E-state index contributed by atoms with van der Waals surface area (Å²) in [4.78, 5) is 26.0. The van der Waals surface area contributed by atoms with Gasteiger partial charge in [0.15, 0.2) is 5.82 Å². The summed E-state index contributed by atoms with van der Waals surface area (Å²) in [5.74, 6) is -0.630. The fourth-order valence-corrected chi connectivity index (χ4v) is 3.87. The van der Waals surface area contributed by atoms with Crippen LogP contribution in [0.25, 0.3) is 0 Å². The van der Waals surface area contributed by atoms with Crippen molar-refractivity contribution in [3.63, 3.8) is 0 Å². The van der Waals surface area contributed by atoms with Crippen molar-refractivity contribution >= 4 is 33.3 Å². The third-order valence-electron chi connectivity index (χ3n) is 4.29. The predicted molar refractivity (Wildman–Crippen MR) is 103 cm³/mol. The van der Waals surface area contributed by atoms with Gasteiger partial charge in [-0.25, -0.2) is 13.3 Å². The second kappa shape index (κ2) is 6.99. The number of benzene rings is 2. The van der Waals surface area contributed by atoms with Crippen molar-refractivity contribution < 1.29 is 22.7 Å². The van der Waals surface area contributed by atoms with Crippen LogP contribution in [0.15, 0.2) is 65.6 Å². The van der Waals surface area contributed by atoms with Crippen LogP contribution in [0.3, 0.4) is 0 Å². The van der Waals surface area contributed by atoms with Gasteiger partial charge in [0, 0.05) is 6.07 Å². The highest BCUT2D eigenvalue weighted by Gasteiger charge is 2.36. The lowest BCUT2D eigenvalue weighted by Gasteiger charge is -2.14. The Morgan fingerprint density at radius 3 is 2.00 bits per heavy atom. The first-order valence-corrected chi connectivity index (χ1v) is 9.87. The molecule has 146 valence electrons. The van der Waals surface area contributed by atoms with E-state index in [-0.39, 0.29) is 22.3 Å². The molecule has 0 saturated heterocycles. The lowest BCUT2D eigenvalue weighted by Crippen LogP contribution is -2.29. The standard InChI is InChI=1S/C19H14N4O5S/c1-28-17-11-10-16(20-21-17)22-29(26,27)13-8-6-12(7-9-13)23-18(24)14-4-2-3-5-15(14)19(23)25/h2-11H,1H3,(H,20,22). The quantitative estimate of drug-likeness (QED) is 0.640. The molecule has 1 N–H and O–H groups in total. The van der Waals surface area contributed by atoms with Crippen LogP contribution in [0.1, 0.15) is 20.7 Å². The number of nitrogens with one attached hydrogen (secondary N) is 1. The molecule has 0 bridgehead atoms. The van der Waals surface area contributed by atoms with Gasteiger partial charge >= 0.3 is 0 Å². The van der Waals surface area contributed by atoms with Gasteiger partial charge < -0.3 is 4.74 Å². The van der Waals surface area contributed by atoms with E-state index >= 15 is 0 Å². The molecule has 0 saturated carbocycles. The number of methoxy groups -OCH3 is 1. The molecule has 1 aromatic heterocycles. The van der Waals surface area contributed by atoms with E-state index in [9.17, 15) is 18.0 Å². The van der Waals surface area contributed by atoms with Crippen LogP contribution >= 0.6 is 0 Å². The maximum Gasteiger partial charge on any atom is 0.266 e. The maximum atomic E-state index is 12.5. The van der Waals surface area contributed by atoms with Gasteiger partial charge in [0.2, 0.25) is 5.88 Å². The molecule has 10 heteroatoms. The van der Waals surface area contributed by atoms with Crippen LogP contribution in [0.2, 0.25) is 0 Å². The fourth-order valence-electron chi connectivity index (χ4n) is 2.88. The van der Waals surface area contributed by atoms with Crippen molar-refractivity contribution in [2.45, 2.75) is 4.90 Å². The molecule has 0 spiro atoms. The zero-order valence-corrected chi connectivity index (χ0v) is 15.9. The van der Waals surface area contributed by atoms with Crippen molar-refractivity contribution in [3.8, 4) is 5.88 Å². The van der Waals surface area contributed by atoms with E-state index in [1.807, 2.05) is 0 Å². The number of nitrogens with zero attached hydrogens (tertiary/aromatic N) is 3. The van der Waals surface area contributed by atoms with Crippen molar-refractivity contribution in [1.29, 1.82) is 0 Å². The predicted octanol–water partition coefficient (Wildman–Crippen LogP) is 2.09. The molecule has 2 heterocycles. The minimum Gasteiger partial charge on any atom is -0.480 e. The number of carbonyl (C=O) groups is 2. The molecule has 4 rings (SSSR count). The van der Waals surface area contributed by atoms with E-state index < -0.39 is 21.8 Å². The first-order chi connectivity index (χ1) is 13.9.